The van der Waals surface area contributed by atoms with Gasteiger partial charge in [0.2, 0.25) is 0 Å². The molecule has 7 heteroatoms. The van der Waals surface area contributed by atoms with Crippen molar-refractivity contribution in [2.45, 2.75) is 26.3 Å². The van der Waals surface area contributed by atoms with E-state index in [4.69, 9.17) is 4.74 Å². The number of esters is 1. The third kappa shape index (κ3) is 5.71. The van der Waals surface area contributed by atoms with Gasteiger partial charge in [-0.2, -0.15) is 0 Å². The second-order valence-electron chi connectivity index (χ2n) is 7.21. The average molecular weight is 362 g/mol. The minimum Gasteiger partial charge on any atom is -0.462 e. The van der Waals surface area contributed by atoms with Gasteiger partial charge in [0.25, 0.3) is 0 Å². The summed E-state index contributed by atoms with van der Waals surface area (Å²) in [5.74, 6) is -0.363. The van der Waals surface area contributed by atoms with E-state index in [-0.39, 0.29) is 17.5 Å². The fraction of sp³-hybridized carbons (Fsp3) is 0.579. The second-order valence-corrected chi connectivity index (χ2v) is 7.21. The standard InChI is InChI=1S/C19H30N4O3/c1-5-26-17(24)15-6-8-16(9-7-15)21-18(25)20-14-19(2,3)23-12-10-22(4)11-13-23/h6-9H,5,10-14H2,1-4H3,(H2,20,21,25). The zero-order chi connectivity index (χ0) is 19.2. The lowest BCUT2D eigenvalue weighted by Gasteiger charge is -2.43. The number of carbonyl (C=O) groups is 2. The molecule has 0 saturated carbocycles. The van der Waals surface area contributed by atoms with Gasteiger partial charge in [-0.15, -0.1) is 0 Å². The van der Waals surface area contributed by atoms with Gasteiger partial charge < -0.3 is 20.3 Å². The zero-order valence-corrected chi connectivity index (χ0v) is 16.2. The van der Waals surface area contributed by atoms with Crippen molar-refractivity contribution in [1.29, 1.82) is 0 Å². The van der Waals surface area contributed by atoms with Crippen LogP contribution in [0.15, 0.2) is 24.3 Å². The molecule has 0 bridgehead atoms. The molecule has 1 aromatic rings. The second kappa shape index (κ2) is 9.00. The summed E-state index contributed by atoms with van der Waals surface area (Å²) in [6, 6.07) is 6.41. The average Bonchev–Trinajstić information content (AvgIpc) is 2.61. The number of piperazine rings is 1. The summed E-state index contributed by atoms with van der Waals surface area (Å²) >= 11 is 0. The Balaban J connectivity index is 1.81. The van der Waals surface area contributed by atoms with Crippen LogP contribution in [0.4, 0.5) is 10.5 Å². The number of amides is 2. The highest BCUT2D eigenvalue weighted by Crippen LogP contribution is 2.16. The molecule has 1 saturated heterocycles. The summed E-state index contributed by atoms with van der Waals surface area (Å²) in [5, 5.41) is 5.73. The number of nitrogens with one attached hydrogen (secondary N) is 2. The van der Waals surface area contributed by atoms with Gasteiger partial charge in [-0.05, 0) is 52.1 Å². The van der Waals surface area contributed by atoms with Crippen molar-refractivity contribution in [3.63, 3.8) is 0 Å². The van der Waals surface area contributed by atoms with Crippen molar-refractivity contribution < 1.29 is 14.3 Å². The van der Waals surface area contributed by atoms with E-state index in [9.17, 15) is 9.59 Å². The van der Waals surface area contributed by atoms with Crippen LogP contribution in [0.25, 0.3) is 0 Å². The zero-order valence-electron chi connectivity index (χ0n) is 16.2. The number of carbonyl (C=O) groups excluding carboxylic acids is 2. The van der Waals surface area contributed by atoms with Gasteiger partial charge in [-0.3, -0.25) is 4.90 Å². The summed E-state index contributed by atoms with van der Waals surface area (Å²) < 4.78 is 4.94. The van der Waals surface area contributed by atoms with Crippen molar-refractivity contribution in [3.8, 4) is 0 Å². The van der Waals surface area contributed by atoms with Gasteiger partial charge in [-0.25, -0.2) is 9.59 Å². The Labute approximate surface area is 155 Å². The van der Waals surface area contributed by atoms with E-state index >= 15 is 0 Å². The predicted octanol–water partition coefficient (Wildman–Crippen LogP) is 2.01. The van der Waals surface area contributed by atoms with Gasteiger partial charge in [0.1, 0.15) is 0 Å². The molecule has 2 amide bonds. The summed E-state index contributed by atoms with van der Waals surface area (Å²) in [6.45, 7) is 11.0. The summed E-state index contributed by atoms with van der Waals surface area (Å²) in [6.07, 6.45) is 0. The van der Waals surface area contributed by atoms with Crippen LogP contribution in [0, 0.1) is 0 Å². The molecular formula is C19H30N4O3. The minimum atomic E-state index is -0.363. The maximum absolute atomic E-state index is 12.2. The van der Waals surface area contributed by atoms with Crippen LogP contribution in [0.1, 0.15) is 31.1 Å². The lowest BCUT2D eigenvalue weighted by molar-refractivity contribution is 0.0526. The highest BCUT2D eigenvalue weighted by Gasteiger charge is 2.29. The van der Waals surface area contributed by atoms with E-state index in [1.54, 1.807) is 31.2 Å². The Morgan fingerprint density at radius 2 is 1.73 bits per heavy atom. The molecule has 0 aliphatic carbocycles. The number of benzene rings is 1. The highest BCUT2D eigenvalue weighted by molar-refractivity contribution is 5.92. The molecule has 1 aliphatic rings. The Bertz CT molecular complexity index is 608. The molecule has 1 fully saturated rings. The van der Waals surface area contributed by atoms with Gasteiger partial charge in [0, 0.05) is 44.0 Å². The molecule has 0 unspecified atom stereocenters. The van der Waals surface area contributed by atoms with Gasteiger partial charge in [-0.1, -0.05) is 0 Å². The maximum Gasteiger partial charge on any atom is 0.338 e. The van der Waals surface area contributed by atoms with Crippen molar-refractivity contribution >= 4 is 17.7 Å². The number of urea groups is 1. The van der Waals surface area contributed by atoms with E-state index in [2.05, 4.69) is 41.3 Å². The van der Waals surface area contributed by atoms with Crippen LogP contribution >= 0.6 is 0 Å². The molecule has 0 aromatic heterocycles. The topological polar surface area (TPSA) is 73.9 Å². The number of likely N-dealkylation sites (N-methyl/N-ethyl adjacent to an activating group) is 1. The monoisotopic (exact) mass is 362 g/mol. The van der Waals surface area contributed by atoms with Crippen LogP contribution in [0.2, 0.25) is 0 Å². The SMILES string of the molecule is CCOC(=O)c1ccc(NC(=O)NCC(C)(C)N2CCN(C)CC2)cc1. The van der Waals surface area contributed by atoms with Crippen LogP contribution in [-0.4, -0.2) is 73.7 Å². The summed E-state index contributed by atoms with van der Waals surface area (Å²) in [5.41, 5.74) is 0.994. The van der Waals surface area contributed by atoms with Crippen molar-refractivity contribution in [2.75, 3.05) is 51.7 Å². The fourth-order valence-electron chi connectivity index (χ4n) is 2.90. The smallest absolute Gasteiger partial charge is 0.338 e. The molecule has 0 radical (unpaired) electrons. The van der Waals surface area contributed by atoms with Crippen LogP contribution in [0.3, 0.4) is 0 Å². The Kier molecular flexibility index (Phi) is 6.99. The molecule has 2 N–H and O–H groups in total. The van der Waals surface area contributed by atoms with E-state index in [0.29, 0.717) is 24.4 Å². The summed E-state index contributed by atoms with van der Waals surface area (Å²) in [7, 11) is 2.13. The molecule has 26 heavy (non-hydrogen) atoms. The van der Waals surface area contributed by atoms with Crippen molar-refractivity contribution in [1.82, 2.24) is 15.1 Å². The normalized spacial score (nSPS) is 16.2. The first kappa shape index (κ1) is 20.2. The summed E-state index contributed by atoms with van der Waals surface area (Å²) in [4.78, 5) is 28.5. The molecule has 144 valence electrons. The molecule has 0 spiro atoms. The first-order chi connectivity index (χ1) is 12.3. The third-order valence-corrected chi connectivity index (χ3v) is 4.69. The first-order valence-electron chi connectivity index (χ1n) is 9.07. The highest BCUT2D eigenvalue weighted by atomic mass is 16.5. The lowest BCUT2D eigenvalue weighted by Crippen LogP contribution is -2.58. The number of nitrogens with zero attached hydrogens (tertiary/aromatic N) is 2. The number of hydrogen-bond acceptors (Lipinski definition) is 5. The van der Waals surface area contributed by atoms with Crippen molar-refractivity contribution in [2.24, 2.45) is 0 Å². The fourth-order valence-corrected chi connectivity index (χ4v) is 2.90. The minimum absolute atomic E-state index is 0.105. The Hall–Kier alpha value is -2.12. The maximum atomic E-state index is 12.2. The van der Waals surface area contributed by atoms with Gasteiger partial charge in [0.15, 0.2) is 0 Å². The Morgan fingerprint density at radius 1 is 1.12 bits per heavy atom. The van der Waals surface area contributed by atoms with E-state index in [1.165, 1.54) is 0 Å². The largest absolute Gasteiger partial charge is 0.462 e. The number of rotatable bonds is 6. The van der Waals surface area contributed by atoms with Gasteiger partial charge in [0.05, 0.1) is 12.2 Å². The van der Waals surface area contributed by atoms with Crippen LogP contribution in [-0.2, 0) is 4.74 Å². The molecule has 1 aromatic carbocycles. The van der Waals surface area contributed by atoms with Crippen molar-refractivity contribution in [3.05, 3.63) is 29.8 Å². The molecule has 1 aliphatic heterocycles. The molecule has 7 nitrogen and oxygen atoms in total. The first-order valence-corrected chi connectivity index (χ1v) is 9.07. The van der Waals surface area contributed by atoms with Gasteiger partial charge >= 0.3 is 12.0 Å². The van der Waals surface area contributed by atoms with Crippen LogP contribution < -0.4 is 10.6 Å². The Morgan fingerprint density at radius 3 is 2.31 bits per heavy atom. The number of anilines is 1. The predicted molar refractivity (Wildman–Crippen MR) is 103 cm³/mol. The quantitative estimate of drug-likeness (QED) is 0.758. The molecule has 1 heterocycles. The molecule has 0 atom stereocenters. The number of hydrogen-bond donors (Lipinski definition) is 2. The van der Waals surface area contributed by atoms with E-state index < -0.39 is 0 Å². The molecular weight excluding hydrogens is 332 g/mol. The van der Waals surface area contributed by atoms with Crippen LogP contribution in [0.5, 0.6) is 0 Å². The lowest BCUT2D eigenvalue weighted by atomic mass is 10.0. The third-order valence-electron chi connectivity index (χ3n) is 4.69. The van der Waals surface area contributed by atoms with E-state index in [0.717, 1.165) is 26.2 Å². The molecule has 2 rings (SSSR count). The van der Waals surface area contributed by atoms with E-state index in [1.807, 2.05) is 0 Å². The number of ether oxygens (including phenoxy) is 1.